The summed E-state index contributed by atoms with van der Waals surface area (Å²) in [6, 6.07) is 13.8. The fraction of sp³-hybridized carbons (Fsp3) is 0.190. The van der Waals surface area contributed by atoms with E-state index in [9.17, 15) is 4.79 Å². The molecule has 6 nitrogen and oxygen atoms in total. The summed E-state index contributed by atoms with van der Waals surface area (Å²) in [5.41, 5.74) is 4.87. The number of benzene rings is 2. The number of H-pyrrole nitrogens is 1. The number of imidazole rings is 1. The van der Waals surface area contributed by atoms with Gasteiger partial charge in [-0.2, -0.15) is 0 Å². The van der Waals surface area contributed by atoms with Crippen LogP contribution in [0.25, 0.3) is 11.0 Å². The van der Waals surface area contributed by atoms with Crippen molar-refractivity contribution in [3.05, 3.63) is 82.1 Å². The summed E-state index contributed by atoms with van der Waals surface area (Å²) in [7, 11) is 0. The Labute approximate surface area is 166 Å². The van der Waals surface area contributed by atoms with Crippen LogP contribution < -0.4 is 5.32 Å². The third-order valence-electron chi connectivity index (χ3n) is 4.39. The van der Waals surface area contributed by atoms with E-state index >= 15 is 0 Å². The van der Waals surface area contributed by atoms with Gasteiger partial charge in [0.25, 0.3) is 0 Å². The van der Waals surface area contributed by atoms with Crippen LogP contribution in [-0.4, -0.2) is 20.9 Å². The Hall–Kier alpha value is -3.03. The van der Waals surface area contributed by atoms with E-state index in [1.807, 2.05) is 41.8 Å². The molecule has 2 aromatic carbocycles. The molecule has 0 aliphatic rings. The normalized spacial score (nSPS) is 12.2. The average Bonchev–Trinajstić information content (AvgIpc) is 3.37. The van der Waals surface area contributed by atoms with Crippen molar-refractivity contribution >= 4 is 28.3 Å². The van der Waals surface area contributed by atoms with Gasteiger partial charge in [0, 0.05) is 18.5 Å². The highest BCUT2D eigenvalue weighted by molar-refractivity contribution is 7.09. The number of fused-ring (bicyclic) bond motifs is 1. The second-order valence-electron chi connectivity index (χ2n) is 6.48. The van der Waals surface area contributed by atoms with E-state index in [2.05, 4.69) is 26.3 Å². The van der Waals surface area contributed by atoms with Crippen LogP contribution in [0.5, 0.6) is 0 Å². The Morgan fingerprint density at radius 2 is 2.07 bits per heavy atom. The first-order chi connectivity index (χ1) is 13.7. The number of thiazole rings is 1. The molecule has 1 amide bonds. The molecule has 2 heterocycles. The fourth-order valence-corrected chi connectivity index (χ4v) is 3.69. The predicted octanol–water partition coefficient (Wildman–Crippen LogP) is 3.96. The zero-order valence-corrected chi connectivity index (χ0v) is 16.2. The lowest BCUT2D eigenvalue weighted by Gasteiger charge is -2.20. The molecule has 0 spiro atoms. The minimum atomic E-state index is -0.252. The van der Waals surface area contributed by atoms with Gasteiger partial charge in [-0.05, 0) is 28.8 Å². The lowest BCUT2D eigenvalue weighted by Crippen LogP contribution is -2.27. The quantitative estimate of drug-likeness (QED) is 0.499. The molecule has 0 saturated carbocycles. The van der Waals surface area contributed by atoms with E-state index in [4.69, 9.17) is 4.74 Å². The molecule has 1 atom stereocenters. The SMILES string of the molecule is CC(=O)NC(c1cccc(COCc2nccs2)c1)c1ccc2[nH]cnc2c1. The van der Waals surface area contributed by atoms with Crippen molar-refractivity contribution in [1.29, 1.82) is 0 Å². The Morgan fingerprint density at radius 1 is 1.18 bits per heavy atom. The van der Waals surface area contributed by atoms with Crippen LogP contribution in [0.1, 0.15) is 34.7 Å². The summed E-state index contributed by atoms with van der Waals surface area (Å²) in [6.07, 6.45) is 3.44. The number of carbonyl (C=O) groups excluding carboxylic acids is 1. The molecule has 0 radical (unpaired) electrons. The highest BCUT2D eigenvalue weighted by atomic mass is 32.1. The predicted molar refractivity (Wildman–Crippen MR) is 109 cm³/mol. The number of aromatic nitrogens is 3. The third kappa shape index (κ3) is 4.27. The first kappa shape index (κ1) is 18.3. The molecule has 7 heteroatoms. The minimum Gasteiger partial charge on any atom is -0.370 e. The number of aromatic amines is 1. The monoisotopic (exact) mass is 392 g/mol. The topological polar surface area (TPSA) is 79.9 Å². The van der Waals surface area contributed by atoms with E-state index in [1.54, 1.807) is 23.9 Å². The van der Waals surface area contributed by atoms with Gasteiger partial charge in [0.15, 0.2) is 0 Å². The Morgan fingerprint density at radius 3 is 2.89 bits per heavy atom. The van der Waals surface area contributed by atoms with E-state index < -0.39 is 0 Å². The van der Waals surface area contributed by atoms with Crippen LogP contribution in [0.2, 0.25) is 0 Å². The maximum Gasteiger partial charge on any atom is 0.217 e. The molecule has 2 N–H and O–H groups in total. The molecule has 0 bridgehead atoms. The number of carbonyl (C=O) groups is 1. The van der Waals surface area contributed by atoms with Crippen LogP contribution >= 0.6 is 11.3 Å². The van der Waals surface area contributed by atoms with Gasteiger partial charge in [-0.25, -0.2) is 9.97 Å². The van der Waals surface area contributed by atoms with Crippen molar-refractivity contribution in [2.45, 2.75) is 26.2 Å². The number of nitrogens with zero attached hydrogens (tertiary/aromatic N) is 2. The molecule has 0 saturated heterocycles. The average molecular weight is 392 g/mol. The van der Waals surface area contributed by atoms with E-state index in [0.717, 1.165) is 32.7 Å². The third-order valence-corrected chi connectivity index (χ3v) is 5.14. The summed E-state index contributed by atoms with van der Waals surface area (Å²) in [5.74, 6) is -0.0856. The molecule has 142 valence electrons. The van der Waals surface area contributed by atoms with E-state index in [-0.39, 0.29) is 11.9 Å². The fourth-order valence-electron chi connectivity index (χ4n) is 3.13. The molecule has 28 heavy (non-hydrogen) atoms. The largest absolute Gasteiger partial charge is 0.370 e. The van der Waals surface area contributed by atoms with Gasteiger partial charge in [0.2, 0.25) is 5.91 Å². The van der Waals surface area contributed by atoms with E-state index in [0.29, 0.717) is 13.2 Å². The first-order valence-corrected chi connectivity index (χ1v) is 9.82. The van der Waals surface area contributed by atoms with Crippen LogP contribution in [0, 0.1) is 0 Å². The highest BCUT2D eigenvalue weighted by Crippen LogP contribution is 2.25. The summed E-state index contributed by atoms with van der Waals surface area (Å²) >= 11 is 1.58. The molecular weight excluding hydrogens is 372 g/mol. The molecule has 1 unspecified atom stereocenters. The summed E-state index contributed by atoms with van der Waals surface area (Å²) < 4.78 is 5.78. The van der Waals surface area contributed by atoms with Gasteiger partial charge in [-0.3, -0.25) is 4.79 Å². The number of hydrogen-bond acceptors (Lipinski definition) is 5. The molecule has 4 rings (SSSR count). The van der Waals surface area contributed by atoms with Crippen molar-refractivity contribution in [2.75, 3.05) is 0 Å². The molecule has 0 aliphatic heterocycles. The van der Waals surface area contributed by atoms with Gasteiger partial charge in [0.05, 0.1) is 36.6 Å². The van der Waals surface area contributed by atoms with Gasteiger partial charge in [0.1, 0.15) is 5.01 Å². The van der Waals surface area contributed by atoms with Crippen LogP contribution in [-0.2, 0) is 22.7 Å². The summed E-state index contributed by atoms with van der Waals surface area (Å²) in [5, 5.41) is 5.94. The van der Waals surface area contributed by atoms with Crippen LogP contribution in [0.15, 0.2) is 60.4 Å². The summed E-state index contributed by atoms with van der Waals surface area (Å²) in [6.45, 7) is 2.51. The summed E-state index contributed by atoms with van der Waals surface area (Å²) in [4.78, 5) is 23.5. The van der Waals surface area contributed by atoms with Crippen LogP contribution in [0.4, 0.5) is 0 Å². The molecule has 0 aliphatic carbocycles. The van der Waals surface area contributed by atoms with Gasteiger partial charge < -0.3 is 15.0 Å². The second-order valence-corrected chi connectivity index (χ2v) is 7.46. The maximum atomic E-state index is 11.8. The maximum absolute atomic E-state index is 11.8. The van der Waals surface area contributed by atoms with Gasteiger partial charge >= 0.3 is 0 Å². The van der Waals surface area contributed by atoms with Gasteiger partial charge in [-0.15, -0.1) is 11.3 Å². The van der Waals surface area contributed by atoms with E-state index in [1.165, 1.54) is 6.92 Å². The number of amides is 1. The molecule has 0 fully saturated rings. The van der Waals surface area contributed by atoms with Crippen molar-refractivity contribution in [3.8, 4) is 0 Å². The minimum absolute atomic E-state index is 0.0856. The van der Waals surface area contributed by atoms with Crippen molar-refractivity contribution in [1.82, 2.24) is 20.3 Å². The lowest BCUT2D eigenvalue weighted by molar-refractivity contribution is -0.119. The number of rotatable bonds is 7. The standard InChI is InChI=1S/C21H20N4O2S/c1-14(26)25-21(17-5-6-18-19(10-17)24-13-23-18)16-4-2-3-15(9-16)11-27-12-20-22-7-8-28-20/h2-10,13,21H,11-12H2,1H3,(H,23,24)(H,25,26). The molecule has 2 aromatic heterocycles. The zero-order valence-electron chi connectivity index (χ0n) is 15.4. The number of hydrogen-bond donors (Lipinski definition) is 2. The van der Waals surface area contributed by atoms with Crippen molar-refractivity contribution in [3.63, 3.8) is 0 Å². The van der Waals surface area contributed by atoms with Crippen LogP contribution in [0.3, 0.4) is 0 Å². The lowest BCUT2D eigenvalue weighted by atomic mass is 9.96. The zero-order chi connectivity index (χ0) is 19.3. The second kappa shape index (κ2) is 8.33. The molecule has 4 aromatic rings. The van der Waals surface area contributed by atoms with Crippen molar-refractivity contribution in [2.24, 2.45) is 0 Å². The Kier molecular flexibility index (Phi) is 5.45. The highest BCUT2D eigenvalue weighted by Gasteiger charge is 2.16. The van der Waals surface area contributed by atoms with Gasteiger partial charge in [-0.1, -0.05) is 30.3 Å². The first-order valence-electron chi connectivity index (χ1n) is 8.94. The van der Waals surface area contributed by atoms with Crippen molar-refractivity contribution < 1.29 is 9.53 Å². The Balaban J connectivity index is 1.56. The molecular formula is C21H20N4O2S. The smallest absolute Gasteiger partial charge is 0.217 e. The number of ether oxygens (including phenoxy) is 1. The number of nitrogens with one attached hydrogen (secondary N) is 2. The Bertz CT molecular complexity index is 1070.